The SMILES string of the molecule is CC(CCCC(C)(C)O)[C@H]1CC[C@H]2C3[C@H](O)C=C4C[C@@H](O)CC[C@]4(C)[C@H]3CC[C@]12C. The van der Waals surface area contributed by atoms with E-state index in [4.69, 9.17) is 0 Å². The van der Waals surface area contributed by atoms with E-state index in [2.05, 4.69) is 26.8 Å². The third-order valence-electron chi connectivity index (χ3n) is 10.3. The zero-order valence-electron chi connectivity index (χ0n) is 20.0. The van der Waals surface area contributed by atoms with Crippen molar-refractivity contribution in [3.8, 4) is 0 Å². The van der Waals surface area contributed by atoms with Crippen molar-refractivity contribution in [2.75, 3.05) is 0 Å². The van der Waals surface area contributed by atoms with Gasteiger partial charge in [0.2, 0.25) is 0 Å². The maximum Gasteiger partial charge on any atom is 0.0757 e. The molecular formula is C27H46O3. The lowest BCUT2D eigenvalue weighted by molar-refractivity contribution is -0.0971. The highest BCUT2D eigenvalue weighted by Gasteiger charge is 2.61. The smallest absolute Gasteiger partial charge is 0.0757 e. The van der Waals surface area contributed by atoms with E-state index in [-0.39, 0.29) is 17.6 Å². The molecule has 0 aromatic heterocycles. The fourth-order valence-corrected chi connectivity index (χ4v) is 8.66. The Morgan fingerprint density at radius 1 is 1.07 bits per heavy atom. The molecule has 4 aliphatic rings. The van der Waals surface area contributed by atoms with Crippen molar-refractivity contribution in [3.63, 3.8) is 0 Å². The van der Waals surface area contributed by atoms with Crippen LogP contribution in [-0.2, 0) is 0 Å². The second kappa shape index (κ2) is 7.89. The molecule has 0 aromatic rings. The average molecular weight is 419 g/mol. The van der Waals surface area contributed by atoms with E-state index in [1.165, 1.54) is 37.7 Å². The molecular weight excluding hydrogens is 372 g/mol. The minimum Gasteiger partial charge on any atom is -0.393 e. The summed E-state index contributed by atoms with van der Waals surface area (Å²) in [6, 6.07) is 0. The molecule has 9 atom stereocenters. The van der Waals surface area contributed by atoms with Crippen LogP contribution in [0.25, 0.3) is 0 Å². The van der Waals surface area contributed by atoms with Crippen molar-refractivity contribution in [2.45, 2.75) is 117 Å². The average Bonchev–Trinajstić information content (AvgIpc) is 2.99. The molecule has 0 amide bonds. The monoisotopic (exact) mass is 418 g/mol. The number of aliphatic hydroxyl groups is 3. The highest BCUT2D eigenvalue weighted by atomic mass is 16.3. The molecule has 2 unspecified atom stereocenters. The lowest BCUT2D eigenvalue weighted by atomic mass is 9.46. The summed E-state index contributed by atoms with van der Waals surface area (Å²) in [5.41, 5.74) is 1.31. The predicted molar refractivity (Wildman–Crippen MR) is 122 cm³/mol. The van der Waals surface area contributed by atoms with Gasteiger partial charge in [-0.2, -0.15) is 0 Å². The van der Waals surface area contributed by atoms with E-state index in [0.717, 1.165) is 38.0 Å². The highest BCUT2D eigenvalue weighted by molar-refractivity contribution is 5.27. The molecule has 0 saturated heterocycles. The van der Waals surface area contributed by atoms with Crippen molar-refractivity contribution >= 4 is 0 Å². The zero-order chi connectivity index (χ0) is 21.9. The van der Waals surface area contributed by atoms with Crippen LogP contribution in [0.3, 0.4) is 0 Å². The molecule has 30 heavy (non-hydrogen) atoms. The van der Waals surface area contributed by atoms with Crippen molar-refractivity contribution in [3.05, 3.63) is 11.6 Å². The van der Waals surface area contributed by atoms with Crippen molar-refractivity contribution in [1.82, 2.24) is 0 Å². The van der Waals surface area contributed by atoms with Crippen LogP contribution in [0.4, 0.5) is 0 Å². The normalized spacial score (nSPS) is 47.1. The Hall–Kier alpha value is -0.380. The summed E-state index contributed by atoms with van der Waals surface area (Å²) in [5, 5.41) is 31.6. The maximum absolute atomic E-state index is 11.3. The summed E-state index contributed by atoms with van der Waals surface area (Å²) in [4.78, 5) is 0. The lowest BCUT2D eigenvalue weighted by Gasteiger charge is -2.59. The lowest BCUT2D eigenvalue weighted by Crippen LogP contribution is -2.54. The fraction of sp³-hybridized carbons (Fsp3) is 0.926. The molecule has 0 spiro atoms. The molecule has 3 N–H and O–H groups in total. The van der Waals surface area contributed by atoms with Gasteiger partial charge in [-0.15, -0.1) is 0 Å². The quantitative estimate of drug-likeness (QED) is 0.519. The standard InChI is InChI=1S/C27H46O3/c1-17(7-6-12-25(2,3)30)20-8-9-21-24-22(11-14-27(20,21)5)26(4)13-10-19(28)15-18(26)16-23(24)29/h16-17,19-24,28-30H,6-15H2,1-5H3/t17?,19-,20+,21-,22-,23+,24?,26-,27+/m0/s1. The van der Waals surface area contributed by atoms with Gasteiger partial charge in [-0.3, -0.25) is 0 Å². The third kappa shape index (κ3) is 3.82. The first-order valence-corrected chi connectivity index (χ1v) is 12.8. The molecule has 0 bridgehead atoms. The summed E-state index contributed by atoms with van der Waals surface area (Å²) in [6.45, 7) is 11.2. The van der Waals surface area contributed by atoms with Gasteiger partial charge >= 0.3 is 0 Å². The van der Waals surface area contributed by atoms with Crippen molar-refractivity contribution in [2.24, 2.45) is 40.4 Å². The van der Waals surface area contributed by atoms with Crippen molar-refractivity contribution in [1.29, 1.82) is 0 Å². The summed E-state index contributed by atoms with van der Waals surface area (Å²) in [5.74, 6) is 3.01. The number of hydrogen-bond acceptors (Lipinski definition) is 3. The van der Waals surface area contributed by atoms with Crippen LogP contribution < -0.4 is 0 Å². The molecule has 0 aliphatic heterocycles. The molecule has 0 aromatic carbocycles. The van der Waals surface area contributed by atoms with Gasteiger partial charge in [-0.05, 0) is 106 Å². The van der Waals surface area contributed by atoms with Gasteiger partial charge in [-0.1, -0.05) is 45.3 Å². The van der Waals surface area contributed by atoms with Crippen molar-refractivity contribution < 1.29 is 15.3 Å². The first-order valence-electron chi connectivity index (χ1n) is 12.8. The maximum atomic E-state index is 11.3. The summed E-state index contributed by atoms with van der Waals surface area (Å²) >= 11 is 0. The summed E-state index contributed by atoms with van der Waals surface area (Å²) in [7, 11) is 0. The molecule has 3 saturated carbocycles. The fourth-order valence-electron chi connectivity index (χ4n) is 8.66. The molecule has 4 rings (SSSR count). The molecule has 4 aliphatic carbocycles. The van der Waals surface area contributed by atoms with E-state index in [1.54, 1.807) is 0 Å². The Balaban J connectivity index is 1.52. The predicted octanol–water partition coefficient (Wildman–Crippen LogP) is 5.47. The van der Waals surface area contributed by atoms with Gasteiger partial charge in [0, 0.05) is 0 Å². The second-order valence-electron chi connectivity index (χ2n) is 12.7. The van der Waals surface area contributed by atoms with E-state index < -0.39 is 5.60 Å². The van der Waals surface area contributed by atoms with E-state index in [1.807, 2.05) is 13.8 Å². The number of hydrogen-bond donors (Lipinski definition) is 3. The first kappa shape index (κ1) is 22.8. The number of fused-ring (bicyclic) bond motifs is 5. The highest BCUT2D eigenvalue weighted by Crippen LogP contribution is 2.67. The molecule has 3 nitrogen and oxygen atoms in total. The van der Waals surface area contributed by atoms with E-state index in [9.17, 15) is 15.3 Å². The Morgan fingerprint density at radius 3 is 2.50 bits per heavy atom. The van der Waals surface area contributed by atoms with Gasteiger partial charge in [0.15, 0.2) is 0 Å². The number of aliphatic hydroxyl groups excluding tert-OH is 2. The second-order valence-corrected chi connectivity index (χ2v) is 12.7. The molecule has 3 fully saturated rings. The van der Waals surface area contributed by atoms with Crippen LogP contribution in [0.15, 0.2) is 11.6 Å². The molecule has 0 radical (unpaired) electrons. The van der Waals surface area contributed by atoms with Crippen LogP contribution >= 0.6 is 0 Å². The van der Waals surface area contributed by atoms with E-state index >= 15 is 0 Å². The molecule has 172 valence electrons. The summed E-state index contributed by atoms with van der Waals surface area (Å²) in [6.07, 6.45) is 12.6. The minimum atomic E-state index is -0.556. The molecule has 0 heterocycles. The van der Waals surface area contributed by atoms with E-state index in [0.29, 0.717) is 29.1 Å². The first-order chi connectivity index (χ1) is 14.0. The van der Waals surface area contributed by atoms with Gasteiger partial charge in [-0.25, -0.2) is 0 Å². The van der Waals surface area contributed by atoms with Crippen LogP contribution in [0.1, 0.15) is 98.8 Å². The van der Waals surface area contributed by atoms with Crippen LogP contribution in [-0.4, -0.2) is 33.1 Å². The molecule has 3 heteroatoms. The summed E-state index contributed by atoms with van der Waals surface area (Å²) < 4.78 is 0. The van der Waals surface area contributed by atoms with Crippen LogP contribution in [0, 0.1) is 40.4 Å². The minimum absolute atomic E-state index is 0.181. The van der Waals surface area contributed by atoms with Crippen LogP contribution in [0.5, 0.6) is 0 Å². The van der Waals surface area contributed by atoms with Crippen LogP contribution in [0.2, 0.25) is 0 Å². The van der Waals surface area contributed by atoms with Gasteiger partial charge in [0.05, 0.1) is 17.8 Å². The Kier molecular flexibility index (Phi) is 5.99. The van der Waals surface area contributed by atoms with Gasteiger partial charge in [0.1, 0.15) is 0 Å². The van der Waals surface area contributed by atoms with Gasteiger partial charge < -0.3 is 15.3 Å². The Labute approximate surface area is 184 Å². The number of rotatable bonds is 5. The van der Waals surface area contributed by atoms with Gasteiger partial charge in [0.25, 0.3) is 0 Å². The largest absolute Gasteiger partial charge is 0.393 e. The third-order valence-corrected chi connectivity index (χ3v) is 10.3. The Morgan fingerprint density at radius 2 is 1.80 bits per heavy atom. The Bertz CT molecular complexity index is 664. The topological polar surface area (TPSA) is 60.7 Å². The zero-order valence-corrected chi connectivity index (χ0v) is 20.0.